The molecule has 0 aromatic heterocycles. The molecule has 3 rings (SSSR count). The maximum Gasteiger partial charge on any atom is 0.416 e. The van der Waals surface area contributed by atoms with Crippen LogP contribution in [-0.2, 0) is 9.53 Å². The second-order valence-corrected chi connectivity index (χ2v) is 10.6. The SMILES string of the molecule is C[C@H](OC(=O)CCC(C)(O)C(F)(F)F)C1=CC[C@H]2C(=CC=C3C[C@@H](O)C[C@H](O)C3)CCC[C@]12C. The number of carbonyl (C=O) groups is 1. The highest BCUT2D eigenvalue weighted by Crippen LogP contribution is 2.55. The average molecular weight is 487 g/mol. The van der Waals surface area contributed by atoms with Gasteiger partial charge in [0.2, 0.25) is 0 Å². The molecule has 3 N–H and O–H groups in total. The van der Waals surface area contributed by atoms with Gasteiger partial charge in [-0.1, -0.05) is 36.3 Å². The lowest BCUT2D eigenvalue weighted by atomic mass is 9.63. The van der Waals surface area contributed by atoms with Gasteiger partial charge in [0.25, 0.3) is 0 Å². The second kappa shape index (κ2) is 10.2. The molecule has 34 heavy (non-hydrogen) atoms. The third kappa shape index (κ3) is 5.94. The Labute approximate surface area is 199 Å². The Balaban J connectivity index is 1.64. The van der Waals surface area contributed by atoms with Gasteiger partial charge in [-0.15, -0.1) is 0 Å². The molecule has 2 fully saturated rings. The lowest BCUT2D eigenvalue weighted by Gasteiger charge is -2.42. The summed E-state index contributed by atoms with van der Waals surface area (Å²) in [6.45, 7) is 4.57. The number of aliphatic hydroxyl groups excluding tert-OH is 2. The van der Waals surface area contributed by atoms with Crippen molar-refractivity contribution in [3.8, 4) is 0 Å². The maximum absolute atomic E-state index is 12.8. The van der Waals surface area contributed by atoms with Crippen LogP contribution in [0.5, 0.6) is 0 Å². The summed E-state index contributed by atoms with van der Waals surface area (Å²) in [5, 5.41) is 29.4. The summed E-state index contributed by atoms with van der Waals surface area (Å²) in [7, 11) is 0. The van der Waals surface area contributed by atoms with Crippen LogP contribution in [0.3, 0.4) is 0 Å². The van der Waals surface area contributed by atoms with E-state index in [1.165, 1.54) is 5.57 Å². The van der Waals surface area contributed by atoms with Gasteiger partial charge in [-0.3, -0.25) is 4.79 Å². The number of rotatable bonds is 6. The summed E-state index contributed by atoms with van der Waals surface area (Å²) in [5.74, 6) is -0.505. The molecule has 0 aromatic carbocycles. The van der Waals surface area contributed by atoms with Crippen molar-refractivity contribution in [3.63, 3.8) is 0 Å². The maximum atomic E-state index is 12.8. The first-order valence-electron chi connectivity index (χ1n) is 12.2. The van der Waals surface area contributed by atoms with Crippen LogP contribution in [0.4, 0.5) is 13.2 Å². The van der Waals surface area contributed by atoms with E-state index in [-0.39, 0.29) is 11.3 Å². The van der Waals surface area contributed by atoms with Crippen LogP contribution >= 0.6 is 0 Å². The van der Waals surface area contributed by atoms with E-state index in [0.717, 1.165) is 36.8 Å². The summed E-state index contributed by atoms with van der Waals surface area (Å²) >= 11 is 0. The van der Waals surface area contributed by atoms with Crippen LogP contribution in [0.1, 0.15) is 78.6 Å². The first kappa shape index (κ1) is 27.0. The highest BCUT2D eigenvalue weighted by molar-refractivity contribution is 5.70. The standard InChI is InChI=1S/C26H37F3O5/c1-16(34-23(32)10-12-25(3,33)26(27,28)29)21-8-9-22-18(5-4-11-24(21,22)2)7-6-17-13-19(30)15-20(31)14-17/h6-8,16,19-20,22,30-31,33H,4-5,9-15H2,1-3H3/t16-,19+,20+,22-,24+,25?/m0/s1. The molecule has 1 unspecified atom stereocenters. The summed E-state index contributed by atoms with van der Waals surface area (Å²) in [6, 6.07) is 0. The molecule has 2 saturated carbocycles. The molecule has 0 spiro atoms. The minimum Gasteiger partial charge on any atom is -0.458 e. The fourth-order valence-corrected chi connectivity index (χ4v) is 5.82. The molecule has 0 amide bonds. The number of hydrogen-bond acceptors (Lipinski definition) is 5. The van der Waals surface area contributed by atoms with E-state index < -0.39 is 48.9 Å². The van der Waals surface area contributed by atoms with Gasteiger partial charge in [0.1, 0.15) is 6.10 Å². The number of fused-ring (bicyclic) bond motifs is 1. The predicted molar refractivity (Wildman–Crippen MR) is 122 cm³/mol. The van der Waals surface area contributed by atoms with Gasteiger partial charge in [0.05, 0.1) is 12.2 Å². The quantitative estimate of drug-likeness (QED) is 0.367. The number of alkyl halides is 3. The Morgan fingerprint density at radius 2 is 1.91 bits per heavy atom. The predicted octanol–water partition coefficient (Wildman–Crippen LogP) is 4.91. The third-order valence-corrected chi connectivity index (χ3v) is 7.86. The Kier molecular flexibility index (Phi) is 8.05. The zero-order chi connectivity index (χ0) is 25.3. The summed E-state index contributed by atoms with van der Waals surface area (Å²) in [6.07, 6.45) is 3.80. The molecule has 192 valence electrons. The van der Waals surface area contributed by atoms with Crippen LogP contribution in [-0.4, -0.2) is 51.4 Å². The van der Waals surface area contributed by atoms with Gasteiger partial charge in [0.15, 0.2) is 5.60 Å². The van der Waals surface area contributed by atoms with Crippen LogP contribution in [0.25, 0.3) is 0 Å². The second-order valence-electron chi connectivity index (χ2n) is 10.6. The normalized spacial score (nSPS) is 33.7. The summed E-state index contributed by atoms with van der Waals surface area (Å²) < 4.78 is 44.0. The molecule has 0 aliphatic heterocycles. The number of halogens is 3. The fourth-order valence-electron chi connectivity index (χ4n) is 5.82. The van der Waals surface area contributed by atoms with Crippen LogP contribution in [0.2, 0.25) is 0 Å². The Hall–Kier alpha value is -1.64. The van der Waals surface area contributed by atoms with Gasteiger partial charge < -0.3 is 20.1 Å². The molecule has 0 radical (unpaired) electrons. The molecule has 5 nitrogen and oxygen atoms in total. The van der Waals surface area contributed by atoms with E-state index >= 15 is 0 Å². The highest BCUT2D eigenvalue weighted by Gasteiger charge is 2.50. The van der Waals surface area contributed by atoms with E-state index in [2.05, 4.69) is 19.1 Å². The minimum atomic E-state index is -4.80. The monoisotopic (exact) mass is 486 g/mol. The molecular formula is C26H37F3O5. The lowest BCUT2D eigenvalue weighted by Crippen LogP contribution is -2.42. The Bertz CT molecular complexity index is 845. The van der Waals surface area contributed by atoms with E-state index in [0.29, 0.717) is 26.2 Å². The van der Waals surface area contributed by atoms with Gasteiger partial charge in [-0.05, 0) is 82.1 Å². The first-order valence-corrected chi connectivity index (χ1v) is 12.2. The number of ether oxygens (including phenoxy) is 1. The molecular weight excluding hydrogens is 449 g/mol. The first-order chi connectivity index (χ1) is 15.7. The van der Waals surface area contributed by atoms with Crippen molar-refractivity contribution in [2.75, 3.05) is 0 Å². The van der Waals surface area contributed by atoms with Crippen molar-refractivity contribution in [2.45, 2.75) is 109 Å². The van der Waals surface area contributed by atoms with E-state index in [9.17, 15) is 33.3 Å². The number of esters is 1. The van der Waals surface area contributed by atoms with Crippen molar-refractivity contribution < 1.29 is 38.0 Å². The highest BCUT2D eigenvalue weighted by atomic mass is 19.4. The summed E-state index contributed by atoms with van der Waals surface area (Å²) in [5.41, 5.74) is 0.193. The average Bonchev–Trinajstić information content (AvgIpc) is 3.07. The largest absolute Gasteiger partial charge is 0.458 e. The molecule has 0 heterocycles. The molecule has 0 aromatic rings. The number of allylic oxidation sites excluding steroid dienone is 4. The van der Waals surface area contributed by atoms with Crippen LogP contribution < -0.4 is 0 Å². The Morgan fingerprint density at radius 3 is 2.53 bits per heavy atom. The van der Waals surface area contributed by atoms with E-state index in [4.69, 9.17) is 4.74 Å². The number of carbonyl (C=O) groups excluding carboxylic acids is 1. The molecule has 8 heteroatoms. The zero-order valence-electron chi connectivity index (χ0n) is 20.2. The van der Waals surface area contributed by atoms with Gasteiger partial charge in [0, 0.05) is 6.42 Å². The molecule has 3 aliphatic carbocycles. The van der Waals surface area contributed by atoms with Crippen LogP contribution in [0.15, 0.2) is 34.9 Å². The third-order valence-electron chi connectivity index (χ3n) is 7.86. The van der Waals surface area contributed by atoms with Gasteiger partial charge in [-0.2, -0.15) is 13.2 Å². The number of hydrogen-bond donors (Lipinski definition) is 3. The van der Waals surface area contributed by atoms with Crippen molar-refractivity contribution in [2.24, 2.45) is 11.3 Å². The minimum absolute atomic E-state index is 0.203. The number of aliphatic hydroxyl groups is 3. The zero-order valence-corrected chi connectivity index (χ0v) is 20.2. The molecule has 6 atom stereocenters. The van der Waals surface area contributed by atoms with Crippen LogP contribution in [0, 0.1) is 11.3 Å². The van der Waals surface area contributed by atoms with E-state index in [1.807, 2.05) is 6.08 Å². The summed E-state index contributed by atoms with van der Waals surface area (Å²) in [4.78, 5) is 12.3. The lowest BCUT2D eigenvalue weighted by molar-refractivity contribution is -0.255. The molecule has 0 bridgehead atoms. The van der Waals surface area contributed by atoms with Gasteiger partial charge >= 0.3 is 12.1 Å². The van der Waals surface area contributed by atoms with Crippen molar-refractivity contribution in [3.05, 3.63) is 34.9 Å². The fraction of sp³-hybridized carbons (Fsp3) is 0.731. The Morgan fingerprint density at radius 1 is 1.26 bits per heavy atom. The smallest absolute Gasteiger partial charge is 0.416 e. The topological polar surface area (TPSA) is 87.0 Å². The molecule has 0 saturated heterocycles. The molecule has 3 aliphatic rings. The van der Waals surface area contributed by atoms with Gasteiger partial charge in [-0.25, -0.2) is 0 Å². The van der Waals surface area contributed by atoms with Crippen molar-refractivity contribution >= 4 is 5.97 Å². The van der Waals surface area contributed by atoms with Crippen molar-refractivity contribution in [1.29, 1.82) is 0 Å². The van der Waals surface area contributed by atoms with E-state index in [1.54, 1.807) is 6.92 Å². The van der Waals surface area contributed by atoms with Crippen molar-refractivity contribution in [1.82, 2.24) is 0 Å².